The van der Waals surface area contributed by atoms with E-state index >= 15 is 0 Å². The lowest BCUT2D eigenvalue weighted by atomic mass is 9.49. The predicted molar refractivity (Wildman–Crippen MR) is 83.1 cm³/mol. The highest BCUT2D eigenvalue weighted by atomic mass is 16.5. The number of phenolic OH excluding ortho intramolecular Hbond substituents is 1. The summed E-state index contributed by atoms with van der Waals surface area (Å²) in [6, 6.07) is 6.85. The summed E-state index contributed by atoms with van der Waals surface area (Å²) in [4.78, 5) is 12.3. The standard InChI is InChI=1S/C19H24O3/c20-17-3-1-13(2-4-17)12-22-18(21)11-19-8-14-5-15(9-19)7-16(6-14)10-19/h1-4,14-16,20H,5-12H2. The van der Waals surface area contributed by atoms with Gasteiger partial charge in [-0.1, -0.05) is 12.1 Å². The minimum Gasteiger partial charge on any atom is -0.508 e. The SMILES string of the molecule is O=C(CC12CC3CC(CC(C3)C1)C2)OCc1ccc(O)cc1. The molecular weight excluding hydrogens is 276 g/mol. The number of esters is 1. The average Bonchev–Trinajstić information content (AvgIpc) is 2.44. The third-order valence-electron chi connectivity index (χ3n) is 6.02. The van der Waals surface area contributed by atoms with Crippen molar-refractivity contribution < 1.29 is 14.6 Å². The number of rotatable bonds is 4. The van der Waals surface area contributed by atoms with Crippen LogP contribution in [0.3, 0.4) is 0 Å². The summed E-state index contributed by atoms with van der Waals surface area (Å²) < 4.78 is 5.49. The molecule has 118 valence electrons. The number of ether oxygens (including phenoxy) is 1. The Kier molecular flexibility index (Phi) is 3.39. The molecule has 0 saturated heterocycles. The van der Waals surface area contributed by atoms with Gasteiger partial charge in [-0.3, -0.25) is 4.79 Å². The molecule has 4 bridgehead atoms. The second-order valence-corrected chi connectivity index (χ2v) is 7.92. The maximum atomic E-state index is 12.3. The molecule has 0 unspecified atom stereocenters. The maximum Gasteiger partial charge on any atom is 0.306 e. The molecule has 5 rings (SSSR count). The van der Waals surface area contributed by atoms with Crippen molar-refractivity contribution in [1.29, 1.82) is 0 Å². The minimum absolute atomic E-state index is 0.0463. The van der Waals surface area contributed by atoms with Gasteiger partial charge in [-0.2, -0.15) is 0 Å². The summed E-state index contributed by atoms with van der Waals surface area (Å²) in [6.07, 6.45) is 8.55. The molecule has 0 spiro atoms. The van der Waals surface area contributed by atoms with Crippen molar-refractivity contribution in [3.63, 3.8) is 0 Å². The van der Waals surface area contributed by atoms with E-state index in [4.69, 9.17) is 4.74 Å². The van der Waals surface area contributed by atoms with Crippen LogP contribution in [-0.4, -0.2) is 11.1 Å². The van der Waals surface area contributed by atoms with Crippen LogP contribution in [0.1, 0.15) is 50.5 Å². The van der Waals surface area contributed by atoms with E-state index in [1.807, 2.05) is 0 Å². The largest absolute Gasteiger partial charge is 0.508 e. The third kappa shape index (κ3) is 2.73. The minimum atomic E-state index is -0.0463. The van der Waals surface area contributed by atoms with E-state index < -0.39 is 0 Å². The predicted octanol–water partition coefficient (Wildman–Crippen LogP) is 4.04. The van der Waals surface area contributed by atoms with Crippen molar-refractivity contribution in [2.45, 2.75) is 51.6 Å². The molecule has 0 heterocycles. The van der Waals surface area contributed by atoms with Gasteiger partial charge in [0.1, 0.15) is 12.4 Å². The van der Waals surface area contributed by atoms with Crippen LogP contribution in [-0.2, 0) is 16.1 Å². The monoisotopic (exact) mass is 300 g/mol. The Bertz CT molecular complexity index is 525. The summed E-state index contributed by atoms with van der Waals surface area (Å²) in [5, 5.41) is 9.27. The topological polar surface area (TPSA) is 46.5 Å². The molecule has 1 aromatic rings. The maximum absolute atomic E-state index is 12.3. The number of phenols is 1. The molecule has 22 heavy (non-hydrogen) atoms. The molecule has 4 fully saturated rings. The van der Waals surface area contributed by atoms with Gasteiger partial charge in [0, 0.05) is 0 Å². The lowest BCUT2D eigenvalue weighted by Gasteiger charge is -2.56. The third-order valence-corrected chi connectivity index (χ3v) is 6.02. The normalized spacial score (nSPS) is 35.5. The van der Waals surface area contributed by atoms with Gasteiger partial charge in [-0.15, -0.1) is 0 Å². The number of benzene rings is 1. The van der Waals surface area contributed by atoms with Crippen LogP contribution in [0.5, 0.6) is 5.75 Å². The fraction of sp³-hybridized carbons (Fsp3) is 0.632. The van der Waals surface area contributed by atoms with Crippen LogP contribution < -0.4 is 0 Å². The highest BCUT2D eigenvalue weighted by Gasteiger charge is 2.51. The summed E-state index contributed by atoms with van der Waals surface area (Å²) in [6.45, 7) is 0.311. The lowest BCUT2D eigenvalue weighted by molar-refractivity contribution is -0.153. The van der Waals surface area contributed by atoms with Crippen LogP contribution in [0.4, 0.5) is 0 Å². The van der Waals surface area contributed by atoms with E-state index in [0.717, 1.165) is 23.3 Å². The molecule has 0 aliphatic heterocycles. The Morgan fingerprint density at radius 2 is 1.59 bits per heavy atom. The Hall–Kier alpha value is -1.51. The zero-order valence-electron chi connectivity index (χ0n) is 13.0. The van der Waals surface area contributed by atoms with E-state index in [1.165, 1.54) is 38.5 Å². The zero-order valence-corrected chi connectivity index (χ0v) is 13.0. The first-order valence-corrected chi connectivity index (χ1v) is 8.54. The van der Waals surface area contributed by atoms with Crippen LogP contribution in [0.15, 0.2) is 24.3 Å². The first-order valence-electron chi connectivity index (χ1n) is 8.54. The van der Waals surface area contributed by atoms with Gasteiger partial charge < -0.3 is 9.84 Å². The van der Waals surface area contributed by atoms with Crippen LogP contribution >= 0.6 is 0 Å². The molecule has 3 heteroatoms. The van der Waals surface area contributed by atoms with Gasteiger partial charge in [0.05, 0.1) is 6.42 Å². The Balaban J connectivity index is 1.35. The van der Waals surface area contributed by atoms with Crippen molar-refractivity contribution in [2.75, 3.05) is 0 Å². The highest BCUT2D eigenvalue weighted by molar-refractivity contribution is 5.70. The molecule has 4 saturated carbocycles. The second-order valence-electron chi connectivity index (χ2n) is 7.92. The first kappa shape index (κ1) is 14.1. The van der Waals surface area contributed by atoms with Gasteiger partial charge in [0.15, 0.2) is 0 Å². The van der Waals surface area contributed by atoms with E-state index in [0.29, 0.717) is 13.0 Å². The zero-order chi connectivity index (χ0) is 15.2. The van der Waals surface area contributed by atoms with Crippen molar-refractivity contribution in [1.82, 2.24) is 0 Å². The number of hydrogen-bond acceptors (Lipinski definition) is 3. The van der Waals surface area contributed by atoms with Crippen LogP contribution in [0.2, 0.25) is 0 Å². The molecule has 3 nitrogen and oxygen atoms in total. The molecular formula is C19H24O3. The van der Waals surface area contributed by atoms with E-state index in [9.17, 15) is 9.90 Å². The first-order chi connectivity index (χ1) is 10.6. The average molecular weight is 300 g/mol. The van der Waals surface area contributed by atoms with Gasteiger partial charge in [-0.25, -0.2) is 0 Å². The molecule has 4 aliphatic rings. The molecule has 1 N–H and O–H groups in total. The molecule has 0 aromatic heterocycles. The summed E-state index contributed by atoms with van der Waals surface area (Å²) in [7, 11) is 0. The van der Waals surface area contributed by atoms with Gasteiger partial charge in [-0.05, 0) is 79.4 Å². The lowest BCUT2D eigenvalue weighted by Crippen LogP contribution is -2.47. The van der Waals surface area contributed by atoms with Gasteiger partial charge in [0.2, 0.25) is 0 Å². The number of aromatic hydroxyl groups is 1. The van der Waals surface area contributed by atoms with Gasteiger partial charge >= 0.3 is 5.97 Å². The van der Waals surface area contributed by atoms with Crippen LogP contribution in [0.25, 0.3) is 0 Å². The van der Waals surface area contributed by atoms with Gasteiger partial charge in [0.25, 0.3) is 0 Å². The number of carbonyl (C=O) groups excluding carboxylic acids is 1. The molecule has 0 radical (unpaired) electrons. The highest BCUT2D eigenvalue weighted by Crippen LogP contribution is 2.61. The van der Waals surface area contributed by atoms with Crippen LogP contribution in [0, 0.1) is 23.2 Å². The Morgan fingerprint density at radius 1 is 1.05 bits per heavy atom. The summed E-state index contributed by atoms with van der Waals surface area (Å²) in [5.41, 5.74) is 1.18. The van der Waals surface area contributed by atoms with E-state index in [-0.39, 0.29) is 17.1 Å². The fourth-order valence-electron chi connectivity index (χ4n) is 5.62. The van der Waals surface area contributed by atoms with E-state index in [2.05, 4.69) is 0 Å². The molecule has 0 amide bonds. The smallest absolute Gasteiger partial charge is 0.306 e. The quantitative estimate of drug-likeness (QED) is 0.854. The summed E-state index contributed by atoms with van der Waals surface area (Å²) in [5.74, 6) is 2.81. The Morgan fingerprint density at radius 3 is 2.14 bits per heavy atom. The Labute approximate surface area is 131 Å². The summed E-state index contributed by atoms with van der Waals surface area (Å²) >= 11 is 0. The second kappa shape index (κ2) is 5.29. The number of hydrogen-bond donors (Lipinski definition) is 1. The van der Waals surface area contributed by atoms with Crippen molar-refractivity contribution >= 4 is 5.97 Å². The van der Waals surface area contributed by atoms with Crippen molar-refractivity contribution in [3.8, 4) is 5.75 Å². The molecule has 0 atom stereocenters. The van der Waals surface area contributed by atoms with Crippen molar-refractivity contribution in [3.05, 3.63) is 29.8 Å². The van der Waals surface area contributed by atoms with E-state index in [1.54, 1.807) is 24.3 Å². The number of carbonyl (C=O) groups is 1. The molecule has 4 aliphatic carbocycles. The van der Waals surface area contributed by atoms with Crippen molar-refractivity contribution in [2.24, 2.45) is 23.2 Å². The fourth-order valence-corrected chi connectivity index (χ4v) is 5.62. The molecule has 1 aromatic carbocycles.